The summed E-state index contributed by atoms with van der Waals surface area (Å²) in [6.07, 6.45) is -0.861. The molecule has 1 aromatic carbocycles. The number of carbonyl (C=O) groups excluding carboxylic acids is 1. The van der Waals surface area contributed by atoms with Crippen molar-refractivity contribution < 1.29 is 4.79 Å². The van der Waals surface area contributed by atoms with E-state index in [9.17, 15) is 4.79 Å². The second kappa shape index (κ2) is 6.45. The summed E-state index contributed by atoms with van der Waals surface area (Å²) in [6, 6.07) is 11.7. The second-order valence-electron chi connectivity index (χ2n) is 3.94. The Bertz CT molecular complexity index is 619. The first-order chi connectivity index (χ1) is 9.75. The van der Waals surface area contributed by atoms with Crippen LogP contribution in [0.4, 0.5) is 5.00 Å². The van der Waals surface area contributed by atoms with Crippen LogP contribution in [0, 0.1) is 0 Å². The highest BCUT2D eigenvalue weighted by Crippen LogP contribution is 2.28. The molecule has 0 aliphatic carbocycles. The van der Waals surface area contributed by atoms with Crippen molar-refractivity contribution in [2.45, 2.75) is 20.0 Å². The molecule has 1 amide bonds. The van der Waals surface area contributed by atoms with E-state index in [1.165, 1.54) is 11.3 Å². The number of carbonyl (C=O) groups is 1. The van der Waals surface area contributed by atoms with Crippen LogP contribution in [0.2, 0.25) is 0 Å². The molecule has 1 aliphatic heterocycles. The largest absolute Gasteiger partial charge is 0.314 e. The molecule has 0 fully saturated rings. The maximum atomic E-state index is 11.7. The van der Waals surface area contributed by atoms with E-state index in [0.29, 0.717) is 0 Å². The summed E-state index contributed by atoms with van der Waals surface area (Å²) in [5, 5.41) is 5.52. The molecule has 104 valence electrons. The minimum Gasteiger partial charge on any atom is -0.314 e. The standard InChI is InChI=1S/C13H11N3OS.C2H6/c14-11-12(17)16-13-9(6-7-18-13)10(15-11)8-4-2-1-3-5-8;1-2/h1-7,11H,14H2,(H,16,17);1-2H3. The van der Waals surface area contributed by atoms with Gasteiger partial charge in [-0.25, -0.2) is 0 Å². The SMILES string of the molecule is CC.NC1N=C(c2ccccc2)c2ccsc2NC1=O. The topological polar surface area (TPSA) is 67.5 Å². The number of fused-ring (bicyclic) bond motifs is 1. The Balaban J connectivity index is 0.000000704. The van der Waals surface area contributed by atoms with Gasteiger partial charge in [-0.3, -0.25) is 9.79 Å². The Hall–Kier alpha value is -1.98. The van der Waals surface area contributed by atoms with Gasteiger partial charge in [0.15, 0.2) is 6.17 Å². The van der Waals surface area contributed by atoms with E-state index in [0.717, 1.165) is 21.8 Å². The third-order valence-corrected chi connectivity index (χ3v) is 3.57. The fraction of sp³-hybridized carbons (Fsp3) is 0.200. The van der Waals surface area contributed by atoms with Crippen LogP contribution in [-0.4, -0.2) is 17.8 Å². The van der Waals surface area contributed by atoms with Gasteiger partial charge in [0.05, 0.1) is 5.71 Å². The van der Waals surface area contributed by atoms with Crippen molar-refractivity contribution in [3.05, 3.63) is 52.9 Å². The van der Waals surface area contributed by atoms with Crippen LogP contribution in [0.15, 0.2) is 46.8 Å². The lowest BCUT2D eigenvalue weighted by Gasteiger charge is -2.05. The van der Waals surface area contributed by atoms with Crippen LogP contribution >= 0.6 is 11.3 Å². The van der Waals surface area contributed by atoms with Gasteiger partial charge in [-0.05, 0) is 11.4 Å². The molecule has 3 N–H and O–H groups in total. The summed E-state index contributed by atoms with van der Waals surface area (Å²) >= 11 is 1.47. The molecule has 0 spiro atoms. The molecule has 0 bridgehead atoms. The van der Waals surface area contributed by atoms with Crippen molar-refractivity contribution in [1.29, 1.82) is 0 Å². The molecule has 0 radical (unpaired) electrons. The van der Waals surface area contributed by atoms with Crippen molar-refractivity contribution in [3.8, 4) is 0 Å². The first-order valence-electron chi connectivity index (χ1n) is 6.53. The predicted octanol–water partition coefficient (Wildman–Crippen LogP) is 2.85. The average molecular weight is 287 g/mol. The minimum absolute atomic E-state index is 0.273. The lowest BCUT2D eigenvalue weighted by molar-refractivity contribution is -0.117. The Morgan fingerprint density at radius 3 is 2.60 bits per heavy atom. The van der Waals surface area contributed by atoms with E-state index in [4.69, 9.17) is 5.73 Å². The van der Waals surface area contributed by atoms with Gasteiger partial charge in [-0.2, -0.15) is 0 Å². The smallest absolute Gasteiger partial charge is 0.264 e. The van der Waals surface area contributed by atoms with Crippen LogP contribution in [0.3, 0.4) is 0 Å². The van der Waals surface area contributed by atoms with E-state index in [2.05, 4.69) is 10.3 Å². The quantitative estimate of drug-likeness (QED) is 0.847. The van der Waals surface area contributed by atoms with Gasteiger partial charge in [0, 0.05) is 11.1 Å². The fourth-order valence-corrected chi connectivity index (χ4v) is 2.66. The molecule has 1 aromatic heterocycles. The zero-order valence-electron chi connectivity index (χ0n) is 11.5. The van der Waals surface area contributed by atoms with Crippen molar-refractivity contribution in [1.82, 2.24) is 0 Å². The average Bonchev–Trinajstić information content (AvgIpc) is 2.91. The Kier molecular flexibility index (Phi) is 4.65. The molecule has 0 saturated carbocycles. The summed E-state index contributed by atoms with van der Waals surface area (Å²) < 4.78 is 0. The molecule has 1 unspecified atom stereocenters. The summed E-state index contributed by atoms with van der Waals surface area (Å²) in [4.78, 5) is 16.0. The van der Waals surface area contributed by atoms with E-state index in [1.54, 1.807) is 0 Å². The molecule has 4 nitrogen and oxygen atoms in total. The third-order valence-electron chi connectivity index (χ3n) is 2.74. The van der Waals surface area contributed by atoms with Gasteiger partial charge in [0.25, 0.3) is 5.91 Å². The lowest BCUT2D eigenvalue weighted by atomic mass is 10.0. The molecule has 20 heavy (non-hydrogen) atoms. The fourth-order valence-electron chi connectivity index (χ4n) is 1.87. The van der Waals surface area contributed by atoms with Gasteiger partial charge in [0.2, 0.25) is 0 Å². The van der Waals surface area contributed by atoms with Crippen LogP contribution in [-0.2, 0) is 4.79 Å². The van der Waals surface area contributed by atoms with Crippen molar-refractivity contribution >= 4 is 28.0 Å². The predicted molar refractivity (Wildman–Crippen MR) is 84.4 cm³/mol. The molecule has 3 rings (SSSR count). The van der Waals surface area contributed by atoms with E-state index < -0.39 is 6.17 Å². The highest BCUT2D eigenvalue weighted by Gasteiger charge is 2.23. The number of hydrogen-bond acceptors (Lipinski definition) is 4. The van der Waals surface area contributed by atoms with Crippen molar-refractivity contribution in [2.75, 3.05) is 5.32 Å². The molecule has 1 aliphatic rings. The maximum absolute atomic E-state index is 11.7. The number of benzene rings is 1. The molecule has 5 heteroatoms. The van der Waals surface area contributed by atoms with Crippen LogP contribution in [0.5, 0.6) is 0 Å². The highest BCUT2D eigenvalue weighted by atomic mass is 32.1. The van der Waals surface area contributed by atoms with Gasteiger partial charge >= 0.3 is 0 Å². The number of nitrogens with one attached hydrogen (secondary N) is 1. The molecule has 1 atom stereocenters. The number of aliphatic imine (C=N–C) groups is 1. The summed E-state index contributed by atoms with van der Waals surface area (Å²) in [5.41, 5.74) is 8.40. The lowest BCUT2D eigenvalue weighted by Crippen LogP contribution is -2.33. The number of nitrogens with zero attached hydrogens (tertiary/aromatic N) is 1. The first-order valence-corrected chi connectivity index (χ1v) is 7.41. The third kappa shape index (κ3) is 2.79. The molecular weight excluding hydrogens is 270 g/mol. The Morgan fingerprint density at radius 1 is 1.20 bits per heavy atom. The van der Waals surface area contributed by atoms with Crippen molar-refractivity contribution in [2.24, 2.45) is 10.7 Å². The summed E-state index contributed by atoms with van der Waals surface area (Å²) in [5.74, 6) is -0.273. The monoisotopic (exact) mass is 287 g/mol. The Labute approximate surface area is 122 Å². The summed E-state index contributed by atoms with van der Waals surface area (Å²) in [6.45, 7) is 4.00. The number of anilines is 1. The zero-order chi connectivity index (χ0) is 14.5. The number of thiophene rings is 1. The van der Waals surface area contributed by atoms with Crippen molar-refractivity contribution in [3.63, 3.8) is 0 Å². The number of amides is 1. The minimum atomic E-state index is -0.861. The van der Waals surface area contributed by atoms with E-state index >= 15 is 0 Å². The normalized spacial score (nSPS) is 17.1. The zero-order valence-corrected chi connectivity index (χ0v) is 12.3. The van der Waals surface area contributed by atoms with Crippen LogP contribution in [0.1, 0.15) is 25.0 Å². The summed E-state index contributed by atoms with van der Waals surface area (Å²) in [7, 11) is 0. The van der Waals surface area contributed by atoms with E-state index in [1.807, 2.05) is 55.6 Å². The first kappa shape index (κ1) is 14.4. The van der Waals surface area contributed by atoms with Crippen LogP contribution in [0.25, 0.3) is 0 Å². The van der Waals surface area contributed by atoms with E-state index in [-0.39, 0.29) is 5.91 Å². The van der Waals surface area contributed by atoms with Crippen LogP contribution < -0.4 is 11.1 Å². The molecule has 2 heterocycles. The van der Waals surface area contributed by atoms with Gasteiger partial charge in [-0.1, -0.05) is 44.2 Å². The molecule has 0 saturated heterocycles. The van der Waals surface area contributed by atoms with Gasteiger partial charge in [0.1, 0.15) is 5.00 Å². The number of nitrogens with two attached hydrogens (primary N) is 1. The molecular formula is C15H17N3OS. The van der Waals surface area contributed by atoms with Gasteiger partial charge in [-0.15, -0.1) is 11.3 Å². The number of hydrogen-bond donors (Lipinski definition) is 2. The molecule has 2 aromatic rings. The van der Waals surface area contributed by atoms with Gasteiger partial charge < -0.3 is 11.1 Å². The maximum Gasteiger partial charge on any atom is 0.264 e. The number of rotatable bonds is 1. The second-order valence-corrected chi connectivity index (χ2v) is 4.86. The highest BCUT2D eigenvalue weighted by molar-refractivity contribution is 7.14. The Morgan fingerprint density at radius 2 is 1.90 bits per heavy atom.